The summed E-state index contributed by atoms with van der Waals surface area (Å²) in [6, 6.07) is 8.70. The number of rotatable bonds is 6. The van der Waals surface area contributed by atoms with Crippen molar-refractivity contribution in [1.29, 1.82) is 0 Å². The van der Waals surface area contributed by atoms with Gasteiger partial charge in [-0.3, -0.25) is 14.5 Å². The van der Waals surface area contributed by atoms with E-state index in [2.05, 4.69) is 29.2 Å². The quantitative estimate of drug-likeness (QED) is 0.519. The summed E-state index contributed by atoms with van der Waals surface area (Å²) >= 11 is 0. The molecule has 0 saturated carbocycles. The number of piperidine rings is 1. The number of nitrogens with zero attached hydrogens (tertiary/aromatic N) is 2. The van der Waals surface area contributed by atoms with Gasteiger partial charge >= 0.3 is 0 Å². The van der Waals surface area contributed by atoms with Crippen LogP contribution < -0.4 is 0 Å². The number of amides is 2. The van der Waals surface area contributed by atoms with Crippen molar-refractivity contribution < 1.29 is 14.3 Å². The van der Waals surface area contributed by atoms with Crippen molar-refractivity contribution in [2.45, 2.75) is 51.6 Å². The monoisotopic (exact) mass is 420 g/mol. The zero-order chi connectivity index (χ0) is 19.9. The van der Waals surface area contributed by atoms with E-state index in [4.69, 9.17) is 4.74 Å². The summed E-state index contributed by atoms with van der Waals surface area (Å²) in [6.07, 6.45) is 3.06. The van der Waals surface area contributed by atoms with Crippen molar-refractivity contribution in [2.75, 3.05) is 33.3 Å². The Morgan fingerprint density at radius 2 is 1.62 bits per heavy atom. The predicted octanol–water partition coefficient (Wildman–Crippen LogP) is 3.78. The summed E-state index contributed by atoms with van der Waals surface area (Å²) in [4.78, 5) is 28.6. The first-order valence-corrected chi connectivity index (χ1v) is 10.6. The highest BCUT2D eigenvalue weighted by atomic mass is 35.5. The lowest BCUT2D eigenvalue weighted by atomic mass is 9.82. The Hall–Kier alpha value is -1.43. The molecule has 2 amide bonds. The maximum atomic E-state index is 12.3. The van der Waals surface area contributed by atoms with Crippen LogP contribution in [-0.4, -0.2) is 54.9 Å². The van der Waals surface area contributed by atoms with E-state index in [-0.39, 0.29) is 35.7 Å². The van der Waals surface area contributed by atoms with Gasteiger partial charge in [-0.1, -0.05) is 38.1 Å². The molecule has 0 N–H and O–H groups in total. The number of imide groups is 1. The highest BCUT2D eigenvalue weighted by Gasteiger charge is 2.46. The Labute approximate surface area is 180 Å². The number of methoxy groups -OCH3 is 1. The van der Waals surface area contributed by atoms with Crippen LogP contribution in [0.4, 0.5) is 0 Å². The van der Waals surface area contributed by atoms with Crippen molar-refractivity contribution in [2.24, 2.45) is 11.3 Å². The molecule has 0 radical (unpaired) electrons. The number of hydrogen-bond donors (Lipinski definition) is 0. The SMILES string of the molecule is COC1c2ccccc2C2CN(CCCCN3C(=O)CC(C)(C)CC3=O)CC21.Cl. The molecule has 2 aliphatic heterocycles. The molecule has 0 aromatic heterocycles. The molecule has 4 rings (SSSR count). The Morgan fingerprint density at radius 1 is 1.00 bits per heavy atom. The molecule has 160 valence electrons. The Balaban J connectivity index is 0.00000240. The van der Waals surface area contributed by atoms with E-state index in [1.54, 1.807) is 0 Å². The van der Waals surface area contributed by atoms with Crippen molar-refractivity contribution in [3.8, 4) is 0 Å². The van der Waals surface area contributed by atoms with Gasteiger partial charge in [-0.05, 0) is 35.9 Å². The highest BCUT2D eigenvalue weighted by Crippen LogP contribution is 2.50. The van der Waals surface area contributed by atoms with E-state index >= 15 is 0 Å². The number of hydrogen-bond acceptors (Lipinski definition) is 4. The third-order valence-corrected chi connectivity index (χ3v) is 6.75. The van der Waals surface area contributed by atoms with Crippen LogP contribution in [-0.2, 0) is 14.3 Å². The Kier molecular flexibility index (Phi) is 6.71. The molecular formula is C23H33ClN2O3. The van der Waals surface area contributed by atoms with Gasteiger partial charge in [0.2, 0.25) is 11.8 Å². The van der Waals surface area contributed by atoms with Gasteiger partial charge in [-0.2, -0.15) is 0 Å². The van der Waals surface area contributed by atoms with Gasteiger partial charge in [0.15, 0.2) is 0 Å². The van der Waals surface area contributed by atoms with E-state index in [1.165, 1.54) is 16.0 Å². The van der Waals surface area contributed by atoms with E-state index in [1.807, 2.05) is 21.0 Å². The number of halogens is 1. The lowest BCUT2D eigenvalue weighted by Gasteiger charge is -2.34. The number of ether oxygens (including phenoxy) is 1. The lowest BCUT2D eigenvalue weighted by Crippen LogP contribution is -2.46. The standard InChI is InChI=1S/C23H32N2O3.ClH/c1-23(2)12-20(26)25(21(27)13-23)11-7-6-10-24-14-18-16-8-4-5-9-17(16)22(28-3)19(18)15-24;/h4-5,8-9,18-19,22H,6-7,10-15H2,1-3H3;1H. The molecule has 3 atom stereocenters. The Bertz CT molecular complexity index is 746. The first-order chi connectivity index (χ1) is 13.4. The number of unbranched alkanes of at least 4 members (excludes halogenated alkanes) is 1. The van der Waals surface area contributed by atoms with Crippen LogP contribution in [0.1, 0.15) is 62.7 Å². The second-order valence-corrected chi connectivity index (χ2v) is 9.48. The smallest absolute Gasteiger partial charge is 0.229 e. The van der Waals surface area contributed by atoms with Gasteiger partial charge in [0.1, 0.15) is 0 Å². The minimum absolute atomic E-state index is 0. The third kappa shape index (κ3) is 4.37. The molecule has 2 saturated heterocycles. The lowest BCUT2D eigenvalue weighted by molar-refractivity contribution is -0.152. The number of carbonyl (C=O) groups excluding carboxylic acids is 2. The average Bonchev–Trinajstić information content (AvgIpc) is 3.16. The Morgan fingerprint density at radius 3 is 2.28 bits per heavy atom. The molecule has 3 unspecified atom stereocenters. The minimum Gasteiger partial charge on any atom is -0.376 e. The summed E-state index contributed by atoms with van der Waals surface area (Å²) in [6.45, 7) is 7.72. The summed E-state index contributed by atoms with van der Waals surface area (Å²) < 4.78 is 5.84. The first kappa shape index (κ1) is 22.3. The molecule has 2 fully saturated rings. The van der Waals surface area contributed by atoms with Crippen molar-refractivity contribution in [3.63, 3.8) is 0 Å². The second kappa shape index (κ2) is 8.75. The van der Waals surface area contributed by atoms with Gasteiger partial charge in [0, 0.05) is 51.4 Å². The summed E-state index contributed by atoms with van der Waals surface area (Å²) in [5, 5.41) is 0. The topological polar surface area (TPSA) is 49.9 Å². The van der Waals surface area contributed by atoms with Crippen LogP contribution >= 0.6 is 12.4 Å². The zero-order valence-corrected chi connectivity index (χ0v) is 18.5. The normalized spacial score (nSPS) is 28.2. The van der Waals surface area contributed by atoms with E-state index < -0.39 is 0 Å². The fourth-order valence-corrected chi connectivity index (χ4v) is 5.44. The fraction of sp³-hybridized carbons (Fsp3) is 0.652. The second-order valence-electron chi connectivity index (χ2n) is 9.48. The van der Waals surface area contributed by atoms with Crippen LogP contribution in [0.5, 0.6) is 0 Å². The van der Waals surface area contributed by atoms with Gasteiger partial charge in [0.05, 0.1) is 6.10 Å². The molecule has 5 nitrogen and oxygen atoms in total. The van der Waals surface area contributed by atoms with Crippen LogP contribution in [0.3, 0.4) is 0 Å². The van der Waals surface area contributed by atoms with E-state index in [0.29, 0.717) is 31.2 Å². The largest absolute Gasteiger partial charge is 0.376 e. The average molecular weight is 421 g/mol. The predicted molar refractivity (Wildman–Crippen MR) is 115 cm³/mol. The van der Waals surface area contributed by atoms with Crippen LogP contribution in [0, 0.1) is 11.3 Å². The number of benzene rings is 1. The fourth-order valence-electron chi connectivity index (χ4n) is 5.44. The van der Waals surface area contributed by atoms with Gasteiger partial charge in [-0.25, -0.2) is 0 Å². The summed E-state index contributed by atoms with van der Waals surface area (Å²) in [5.74, 6) is 1.09. The maximum absolute atomic E-state index is 12.3. The molecule has 2 heterocycles. The van der Waals surface area contributed by atoms with Crippen LogP contribution in [0.15, 0.2) is 24.3 Å². The highest BCUT2D eigenvalue weighted by molar-refractivity contribution is 5.98. The molecule has 3 aliphatic rings. The number of likely N-dealkylation sites (tertiary alicyclic amines) is 2. The van der Waals surface area contributed by atoms with Gasteiger partial charge in [0.25, 0.3) is 0 Å². The molecule has 1 aromatic carbocycles. The molecule has 1 aliphatic carbocycles. The van der Waals surface area contributed by atoms with Gasteiger partial charge in [-0.15, -0.1) is 12.4 Å². The molecule has 0 spiro atoms. The van der Waals surface area contributed by atoms with E-state index in [0.717, 1.165) is 32.5 Å². The van der Waals surface area contributed by atoms with Crippen molar-refractivity contribution in [1.82, 2.24) is 9.80 Å². The number of carbonyl (C=O) groups is 2. The summed E-state index contributed by atoms with van der Waals surface area (Å²) in [7, 11) is 1.82. The third-order valence-electron chi connectivity index (χ3n) is 6.75. The number of fused-ring (bicyclic) bond motifs is 3. The summed E-state index contributed by atoms with van der Waals surface area (Å²) in [5.41, 5.74) is 2.63. The maximum Gasteiger partial charge on any atom is 0.229 e. The minimum atomic E-state index is -0.188. The molecule has 29 heavy (non-hydrogen) atoms. The van der Waals surface area contributed by atoms with Crippen molar-refractivity contribution in [3.05, 3.63) is 35.4 Å². The zero-order valence-electron chi connectivity index (χ0n) is 17.7. The molecule has 0 bridgehead atoms. The van der Waals surface area contributed by atoms with Gasteiger partial charge < -0.3 is 9.64 Å². The van der Waals surface area contributed by atoms with E-state index in [9.17, 15) is 9.59 Å². The first-order valence-electron chi connectivity index (χ1n) is 10.6. The van der Waals surface area contributed by atoms with Crippen LogP contribution in [0.2, 0.25) is 0 Å². The van der Waals surface area contributed by atoms with Crippen molar-refractivity contribution >= 4 is 24.2 Å². The molecule has 6 heteroatoms. The molecule has 1 aromatic rings. The molecular weight excluding hydrogens is 388 g/mol. The van der Waals surface area contributed by atoms with Crippen LogP contribution in [0.25, 0.3) is 0 Å².